The molecule has 43 heavy (non-hydrogen) atoms. The maximum Gasteiger partial charge on any atom is 0.165 e. The lowest BCUT2D eigenvalue weighted by Gasteiger charge is -2.14. The molecule has 0 fully saturated rings. The number of nitrogens with zero attached hydrogens (tertiary/aromatic N) is 3. The molecule has 10 aromatic rings. The SMILES string of the molecule is c1ccc(-c2ccc(-c3nc4ccccc4nc3-n3c4cccc5c6cccc7ccc8ccc3c(c8c76)c54)cc2)cc1. The van der Waals surface area contributed by atoms with Gasteiger partial charge in [-0.05, 0) is 62.3 Å². The molecule has 3 nitrogen and oxygen atoms in total. The van der Waals surface area contributed by atoms with Crippen molar-refractivity contribution < 1.29 is 0 Å². The van der Waals surface area contributed by atoms with Crippen LogP contribution >= 0.6 is 0 Å². The molecular weight excluding hydrogens is 522 g/mol. The third-order valence-corrected chi connectivity index (χ3v) is 9.10. The van der Waals surface area contributed by atoms with Gasteiger partial charge in [0.2, 0.25) is 0 Å². The molecule has 0 unspecified atom stereocenters. The molecule has 0 aliphatic heterocycles. The van der Waals surface area contributed by atoms with Crippen LogP contribution in [-0.2, 0) is 0 Å². The topological polar surface area (TPSA) is 30.7 Å². The first-order valence-corrected chi connectivity index (χ1v) is 14.7. The van der Waals surface area contributed by atoms with E-state index in [2.05, 4.69) is 126 Å². The Balaban J connectivity index is 1.33. The molecule has 0 saturated heterocycles. The highest BCUT2D eigenvalue weighted by Gasteiger charge is 2.24. The van der Waals surface area contributed by atoms with Gasteiger partial charge in [-0.1, -0.05) is 115 Å². The van der Waals surface area contributed by atoms with Gasteiger partial charge in [-0.15, -0.1) is 0 Å². The number of aromatic nitrogens is 3. The molecule has 0 spiro atoms. The van der Waals surface area contributed by atoms with E-state index in [0.29, 0.717) is 0 Å². The van der Waals surface area contributed by atoms with Gasteiger partial charge < -0.3 is 0 Å². The van der Waals surface area contributed by atoms with Crippen LogP contribution in [0.1, 0.15) is 0 Å². The third kappa shape index (κ3) is 3.08. The van der Waals surface area contributed by atoms with Gasteiger partial charge in [-0.3, -0.25) is 4.57 Å². The fraction of sp³-hybridized carbons (Fsp3) is 0. The molecule has 0 N–H and O–H groups in total. The number of hydrogen-bond acceptors (Lipinski definition) is 2. The molecule has 10 rings (SSSR count). The maximum absolute atomic E-state index is 5.34. The van der Waals surface area contributed by atoms with Crippen molar-refractivity contribution in [2.24, 2.45) is 0 Å². The summed E-state index contributed by atoms with van der Waals surface area (Å²) in [7, 11) is 0. The largest absolute Gasteiger partial charge is 0.292 e. The van der Waals surface area contributed by atoms with Crippen LogP contribution in [-0.4, -0.2) is 14.5 Å². The van der Waals surface area contributed by atoms with Crippen molar-refractivity contribution >= 4 is 65.2 Å². The van der Waals surface area contributed by atoms with E-state index < -0.39 is 0 Å². The fourth-order valence-electron chi connectivity index (χ4n) is 7.21. The zero-order chi connectivity index (χ0) is 28.1. The highest BCUT2D eigenvalue weighted by molar-refractivity contribution is 6.40. The first-order chi connectivity index (χ1) is 21.3. The standard InChI is InChI=1S/C40H23N3/c1-2-8-24(9-3-1)25-16-20-28(21-17-25)39-40(42-32-14-5-4-13-31(32)41-39)43-33-15-7-12-30-29-11-6-10-26-18-19-27-22-23-34(43)38(37(30)33)36(27)35(26)29/h1-23H. The fourth-order valence-corrected chi connectivity index (χ4v) is 7.21. The molecule has 3 heteroatoms. The second kappa shape index (κ2) is 8.37. The Hall–Kier alpha value is -5.80. The number of rotatable bonds is 3. The van der Waals surface area contributed by atoms with E-state index in [1.807, 2.05) is 18.2 Å². The lowest BCUT2D eigenvalue weighted by molar-refractivity contribution is 1.08. The second-order valence-electron chi connectivity index (χ2n) is 11.4. The molecular formula is C40H23N3. The van der Waals surface area contributed by atoms with Crippen molar-refractivity contribution in [2.45, 2.75) is 0 Å². The zero-order valence-electron chi connectivity index (χ0n) is 23.1. The summed E-state index contributed by atoms with van der Waals surface area (Å²) in [6, 6.07) is 49.8. The number of fused-ring (bicyclic) bond motifs is 2. The number of benzene rings is 8. The van der Waals surface area contributed by atoms with Crippen LogP contribution < -0.4 is 0 Å². The Morgan fingerprint density at radius 1 is 0.372 bits per heavy atom. The van der Waals surface area contributed by atoms with Gasteiger partial charge in [0.15, 0.2) is 5.82 Å². The normalized spacial score (nSPS) is 12.2. The molecule has 198 valence electrons. The quantitative estimate of drug-likeness (QED) is 0.163. The zero-order valence-corrected chi connectivity index (χ0v) is 23.1. The van der Waals surface area contributed by atoms with Crippen molar-refractivity contribution in [3.63, 3.8) is 0 Å². The Morgan fingerprint density at radius 3 is 1.79 bits per heavy atom. The van der Waals surface area contributed by atoms with Crippen LogP contribution in [0.5, 0.6) is 0 Å². The van der Waals surface area contributed by atoms with Gasteiger partial charge in [-0.2, -0.15) is 0 Å². The average Bonchev–Trinajstić information content (AvgIpc) is 3.42. The van der Waals surface area contributed by atoms with Crippen molar-refractivity contribution in [2.75, 3.05) is 0 Å². The van der Waals surface area contributed by atoms with Crippen LogP contribution in [0.15, 0.2) is 140 Å². The van der Waals surface area contributed by atoms with E-state index in [4.69, 9.17) is 9.97 Å². The van der Waals surface area contributed by atoms with Crippen molar-refractivity contribution in [3.05, 3.63) is 140 Å². The predicted octanol–water partition coefficient (Wildman–Crippen LogP) is 10.4. The minimum Gasteiger partial charge on any atom is -0.292 e. The maximum atomic E-state index is 5.34. The minimum absolute atomic E-state index is 0.848. The minimum atomic E-state index is 0.848. The number of hydrogen-bond donors (Lipinski definition) is 0. The Morgan fingerprint density at radius 2 is 0.977 bits per heavy atom. The molecule has 0 aliphatic carbocycles. The van der Waals surface area contributed by atoms with E-state index in [-0.39, 0.29) is 0 Å². The summed E-state index contributed by atoms with van der Waals surface area (Å²) >= 11 is 0. The summed E-state index contributed by atoms with van der Waals surface area (Å²) in [6.45, 7) is 0. The smallest absolute Gasteiger partial charge is 0.165 e. The van der Waals surface area contributed by atoms with E-state index in [0.717, 1.165) is 39.1 Å². The van der Waals surface area contributed by atoms with Crippen molar-refractivity contribution in [1.29, 1.82) is 0 Å². The summed E-state index contributed by atoms with van der Waals surface area (Å²) in [6.07, 6.45) is 0. The van der Waals surface area contributed by atoms with Gasteiger partial charge in [0, 0.05) is 21.7 Å². The molecule has 0 amide bonds. The highest BCUT2D eigenvalue weighted by Crippen LogP contribution is 2.47. The van der Waals surface area contributed by atoms with Gasteiger partial charge in [0.1, 0.15) is 5.69 Å². The van der Waals surface area contributed by atoms with Crippen molar-refractivity contribution in [3.8, 4) is 28.2 Å². The molecule has 0 radical (unpaired) electrons. The van der Waals surface area contributed by atoms with Crippen LogP contribution in [0.25, 0.3) is 93.4 Å². The Kier molecular flexibility index (Phi) is 4.45. The molecule has 0 saturated carbocycles. The number of para-hydroxylation sites is 2. The van der Waals surface area contributed by atoms with Gasteiger partial charge >= 0.3 is 0 Å². The lowest BCUT2D eigenvalue weighted by atomic mass is 9.89. The first-order valence-electron chi connectivity index (χ1n) is 14.7. The summed E-state index contributed by atoms with van der Waals surface area (Å²) in [4.78, 5) is 10.6. The monoisotopic (exact) mass is 545 g/mol. The van der Waals surface area contributed by atoms with Gasteiger partial charge in [-0.25, -0.2) is 9.97 Å². The van der Waals surface area contributed by atoms with Crippen LogP contribution in [0.2, 0.25) is 0 Å². The summed E-state index contributed by atoms with van der Waals surface area (Å²) in [5.41, 5.74) is 8.37. The Labute approximate surface area is 247 Å². The molecule has 0 aliphatic rings. The van der Waals surface area contributed by atoms with Crippen molar-refractivity contribution in [1.82, 2.24) is 14.5 Å². The molecule has 2 heterocycles. The van der Waals surface area contributed by atoms with E-state index in [1.54, 1.807) is 0 Å². The van der Waals surface area contributed by atoms with Gasteiger partial charge in [0.05, 0.1) is 22.1 Å². The first kappa shape index (κ1) is 22.8. The second-order valence-corrected chi connectivity index (χ2v) is 11.4. The van der Waals surface area contributed by atoms with E-state index >= 15 is 0 Å². The van der Waals surface area contributed by atoms with E-state index in [9.17, 15) is 0 Å². The average molecular weight is 546 g/mol. The summed E-state index contributed by atoms with van der Waals surface area (Å²) in [5.74, 6) is 0.848. The predicted molar refractivity (Wildman–Crippen MR) is 180 cm³/mol. The molecule has 0 atom stereocenters. The Bertz CT molecular complexity index is 2650. The van der Waals surface area contributed by atoms with Crippen LogP contribution in [0.4, 0.5) is 0 Å². The van der Waals surface area contributed by atoms with E-state index in [1.165, 1.54) is 54.2 Å². The third-order valence-electron chi connectivity index (χ3n) is 9.10. The summed E-state index contributed by atoms with van der Waals surface area (Å²) in [5, 5.41) is 10.4. The highest BCUT2D eigenvalue weighted by atomic mass is 15.1. The summed E-state index contributed by atoms with van der Waals surface area (Å²) < 4.78 is 2.35. The van der Waals surface area contributed by atoms with Crippen LogP contribution in [0, 0.1) is 0 Å². The van der Waals surface area contributed by atoms with Crippen LogP contribution in [0.3, 0.4) is 0 Å². The molecule has 0 bridgehead atoms. The molecule has 2 aromatic heterocycles. The molecule has 8 aromatic carbocycles. The van der Waals surface area contributed by atoms with Gasteiger partial charge in [0.25, 0.3) is 0 Å². The lowest BCUT2D eigenvalue weighted by Crippen LogP contribution is -2.03.